The van der Waals surface area contributed by atoms with Crippen LogP contribution in [0.15, 0.2) is 36.4 Å². The number of hydrogen-bond donors (Lipinski definition) is 2. The monoisotopic (exact) mass is 349 g/mol. The first-order chi connectivity index (χ1) is 11.8. The molecule has 0 atom stereocenters. The van der Waals surface area contributed by atoms with E-state index in [0.29, 0.717) is 17.8 Å². The highest BCUT2D eigenvalue weighted by atomic mass is 19.3. The Balaban J connectivity index is 1.58. The highest BCUT2D eigenvalue weighted by Crippen LogP contribution is 2.39. The number of nitrogens with zero attached hydrogens (tertiary/aromatic N) is 1. The van der Waals surface area contributed by atoms with E-state index in [1.165, 1.54) is 12.1 Å². The van der Waals surface area contributed by atoms with Crippen LogP contribution in [0.1, 0.15) is 29.7 Å². The molecule has 1 heterocycles. The number of alkyl halides is 2. The molecule has 0 aliphatic heterocycles. The molecule has 0 spiro atoms. The van der Waals surface area contributed by atoms with Crippen molar-refractivity contribution < 1.29 is 17.9 Å². The van der Waals surface area contributed by atoms with Crippen LogP contribution in [-0.4, -0.2) is 22.8 Å². The average Bonchev–Trinajstić information content (AvgIpc) is 2.52. The molecule has 1 aromatic carbocycles. The van der Waals surface area contributed by atoms with Crippen LogP contribution in [0, 0.1) is 18.2 Å². The van der Waals surface area contributed by atoms with E-state index in [1.807, 2.05) is 0 Å². The van der Waals surface area contributed by atoms with Crippen molar-refractivity contribution in [1.29, 1.82) is 5.41 Å². The Morgan fingerprint density at radius 2 is 1.92 bits per heavy atom. The normalized spacial score (nSPS) is 16.2. The van der Waals surface area contributed by atoms with Crippen LogP contribution in [-0.2, 0) is 6.54 Å². The van der Waals surface area contributed by atoms with Gasteiger partial charge >= 0.3 is 0 Å². The molecule has 0 saturated heterocycles. The van der Waals surface area contributed by atoms with Crippen LogP contribution in [0.25, 0.3) is 0 Å². The number of nitrogens with one attached hydrogen (secondary N) is 2. The molecule has 7 heteroatoms. The minimum absolute atomic E-state index is 0.177. The van der Waals surface area contributed by atoms with Crippen LogP contribution in [0.3, 0.4) is 0 Å². The molecular weight excluding hydrogens is 331 g/mol. The summed E-state index contributed by atoms with van der Waals surface area (Å²) in [7, 11) is 0. The van der Waals surface area contributed by atoms with E-state index < -0.39 is 12.0 Å². The molecular formula is C18H18F3N3O. The lowest BCUT2D eigenvalue weighted by Crippen LogP contribution is -2.43. The number of aryl methyl sites for hydroxylation is 1. The first-order valence-corrected chi connectivity index (χ1v) is 7.92. The summed E-state index contributed by atoms with van der Waals surface area (Å²) in [6.07, 6.45) is -1.08. The van der Waals surface area contributed by atoms with Gasteiger partial charge in [0.1, 0.15) is 17.8 Å². The molecule has 1 fully saturated rings. The largest absolute Gasteiger partial charge is 0.474 e. The third-order valence-corrected chi connectivity index (χ3v) is 4.05. The standard InChI is InChI=1S/C18H18F3N3O/c1-11-15(17(22)23-10-12-2-4-13(19)5-3-12)6-7-16(24-11)25-14-8-18(20,21)9-14/h2-7,14H,8-10H2,1H3,(H2,22,23). The van der Waals surface area contributed by atoms with E-state index >= 15 is 0 Å². The van der Waals surface area contributed by atoms with Crippen molar-refractivity contribution in [2.75, 3.05) is 0 Å². The molecule has 4 nitrogen and oxygen atoms in total. The summed E-state index contributed by atoms with van der Waals surface area (Å²) in [5, 5.41) is 11.1. The van der Waals surface area contributed by atoms with E-state index in [4.69, 9.17) is 10.1 Å². The summed E-state index contributed by atoms with van der Waals surface area (Å²) in [5.41, 5.74) is 2.01. The molecule has 1 aliphatic carbocycles. The Morgan fingerprint density at radius 1 is 1.24 bits per heavy atom. The van der Waals surface area contributed by atoms with Gasteiger partial charge in [0.05, 0.1) is 5.69 Å². The number of rotatable bonds is 5. The van der Waals surface area contributed by atoms with Gasteiger partial charge in [0.15, 0.2) is 0 Å². The fourth-order valence-corrected chi connectivity index (χ4v) is 2.62. The van der Waals surface area contributed by atoms with E-state index in [-0.39, 0.29) is 30.4 Å². The van der Waals surface area contributed by atoms with E-state index in [0.717, 1.165) is 5.56 Å². The predicted molar refractivity (Wildman–Crippen MR) is 87.6 cm³/mol. The molecule has 2 aromatic rings. The summed E-state index contributed by atoms with van der Waals surface area (Å²) in [4.78, 5) is 4.23. The van der Waals surface area contributed by atoms with Gasteiger partial charge in [-0.25, -0.2) is 18.2 Å². The molecule has 0 unspecified atom stereocenters. The fourth-order valence-electron chi connectivity index (χ4n) is 2.62. The molecule has 132 valence electrons. The highest BCUT2D eigenvalue weighted by Gasteiger charge is 2.47. The Kier molecular flexibility index (Phi) is 4.65. The number of amidine groups is 1. The number of halogens is 3. The molecule has 1 saturated carbocycles. The first-order valence-electron chi connectivity index (χ1n) is 7.92. The van der Waals surface area contributed by atoms with Crippen molar-refractivity contribution in [3.63, 3.8) is 0 Å². The summed E-state index contributed by atoms with van der Waals surface area (Å²) in [6, 6.07) is 9.27. The summed E-state index contributed by atoms with van der Waals surface area (Å²) < 4.78 is 44.0. The van der Waals surface area contributed by atoms with Gasteiger partial charge in [-0.15, -0.1) is 0 Å². The van der Waals surface area contributed by atoms with Gasteiger partial charge in [0.2, 0.25) is 5.88 Å². The predicted octanol–water partition coefficient (Wildman–Crippen LogP) is 3.82. The quantitative estimate of drug-likeness (QED) is 0.637. The van der Waals surface area contributed by atoms with Gasteiger partial charge in [-0.05, 0) is 30.7 Å². The third-order valence-electron chi connectivity index (χ3n) is 4.05. The van der Waals surface area contributed by atoms with Crippen molar-refractivity contribution >= 4 is 5.84 Å². The van der Waals surface area contributed by atoms with Crippen LogP contribution in [0.2, 0.25) is 0 Å². The molecule has 1 aromatic heterocycles. The van der Waals surface area contributed by atoms with Crippen LogP contribution < -0.4 is 10.1 Å². The molecule has 0 radical (unpaired) electrons. The van der Waals surface area contributed by atoms with E-state index in [1.54, 1.807) is 31.2 Å². The second-order valence-corrected chi connectivity index (χ2v) is 6.14. The van der Waals surface area contributed by atoms with Gasteiger partial charge < -0.3 is 10.1 Å². The smallest absolute Gasteiger partial charge is 0.255 e. The SMILES string of the molecule is Cc1nc(OC2CC(F)(F)C2)ccc1C(=N)NCc1ccc(F)cc1. The lowest BCUT2D eigenvalue weighted by molar-refractivity contribution is -0.135. The number of aromatic nitrogens is 1. The van der Waals surface area contributed by atoms with Crippen molar-refractivity contribution in [3.8, 4) is 5.88 Å². The zero-order chi connectivity index (χ0) is 18.0. The van der Waals surface area contributed by atoms with Gasteiger partial charge in [-0.3, -0.25) is 5.41 Å². The number of hydrogen-bond acceptors (Lipinski definition) is 3. The van der Waals surface area contributed by atoms with Crippen molar-refractivity contribution in [1.82, 2.24) is 10.3 Å². The number of benzene rings is 1. The molecule has 0 amide bonds. The molecule has 2 N–H and O–H groups in total. The van der Waals surface area contributed by atoms with Crippen LogP contribution >= 0.6 is 0 Å². The number of ether oxygens (including phenoxy) is 1. The Bertz CT molecular complexity index is 770. The summed E-state index contributed by atoms with van der Waals surface area (Å²) in [6.45, 7) is 2.11. The minimum atomic E-state index is -2.63. The fraction of sp³-hybridized carbons (Fsp3) is 0.333. The van der Waals surface area contributed by atoms with Crippen molar-refractivity contribution in [2.24, 2.45) is 0 Å². The van der Waals surface area contributed by atoms with Gasteiger partial charge in [0, 0.05) is 31.0 Å². The second-order valence-electron chi connectivity index (χ2n) is 6.14. The van der Waals surface area contributed by atoms with E-state index in [2.05, 4.69) is 10.3 Å². The molecule has 25 heavy (non-hydrogen) atoms. The summed E-state index contributed by atoms with van der Waals surface area (Å²) in [5.74, 6) is -2.48. The van der Waals surface area contributed by atoms with Gasteiger partial charge in [0.25, 0.3) is 5.92 Å². The second kappa shape index (κ2) is 6.74. The molecule has 1 aliphatic rings. The Morgan fingerprint density at radius 3 is 2.52 bits per heavy atom. The van der Waals surface area contributed by atoms with Gasteiger partial charge in [-0.1, -0.05) is 12.1 Å². The molecule has 3 rings (SSSR count). The Hall–Kier alpha value is -2.57. The topological polar surface area (TPSA) is 58.0 Å². The lowest BCUT2D eigenvalue weighted by atomic mass is 9.91. The number of pyridine rings is 1. The van der Waals surface area contributed by atoms with Crippen molar-refractivity contribution in [2.45, 2.75) is 38.3 Å². The zero-order valence-corrected chi connectivity index (χ0v) is 13.7. The minimum Gasteiger partial charge on any atom is -0.474 e. The van der Waals surface area contributed by atoms with Crippen molar-refractivity contribution in [3.05, 3.63) is 59.0 Å². The Labute approximate surface area is 143 Å². The lowest BCUT2D eigenvalue weighted by Gasteiger charge is -2.34. The first kappa shape index (κ1) is 17.3. The third kappa shape index (κ3) is 4.29. The molecule has 0 bridgehead atoms. The van der Waals surface area contributed by atoms with Gasteiger partial charge in [-0.2, -0.15) is 0 Å². The van der Waals surface area contributed by atoms with Crippen LogP contribution in [0.4, 0.5) is 13.2 Å². The van der Waals surface area contributed by atoms with Crippen LogP contribution in [0.5, 0.6) is 5.88 Å². The maximum absolute atomic E-state index is 12.9. The average molecular weight is 349 g/mol. The highest BCUT2D eigenvalue weighted by molar-refractivity contribution is 5.97. The summed E-state index contributed by atoms with van der Waals surface area (Å²) >= 11 is 0. The maximum Gasteiger partial charge on any atom is 0.255 e. The maximum atomic E-state index is 12.9. The van der Waals surface area contributed by atoms with E-state index in [9.17, 15) is 13.2 Å². The zero-order valence-electron chi connectivity index (χ0n) is 13.7.